The summed E-state index contributed by atoms with van der Waals surface area (Å²) in [7, 11) is 0. The first-order valence-corrected chi connectivity index (χ1v) is 4.88. The molecule has 1 aliphatic heterocycles. The van der Waals surface area contributed by atoms with Gasteiger partial charge in [-0.25, -0.2) is 5.10 Å². The SMILES string of the molecule is C1CC(CCc2nnn[nH]2)CCN1. The van der Waals surface area contributed by atoms with Gasteiger partial charge in [-0.3, -0.25) is 0 Å². The molecule has 13 heavy (non-hydrogen) atoms. The normalized spacial score (nSPS) is 19.1. The summed E-state index contributed by atoms with van der Waals surface area (Å²) in [4.78, 5) is 0. The van der Waals surface area contributed by atoms with E-state index >= 15 is 0 Å². The van der Waals surface area contributed by atoms with Crippen LogP contribution in [0.25, 0.3) is 0 Å². The number of rotatable bonds is 3. The quantitative estimate of drug-likeness (QED) is 0.695. The Balaban J connectivity index is 1.72. The van der Waals surface area contributed by atoms with Crippen molar-refractivity contribution in [2.75, 3.05) is 13.1 Å². The predicted molar refractivity (Wildman–Crippen MR) is 48.1 cm³/mol. The molecule has 5 heteroatoms. The molecule has 1 aromatic heterocycles. The second-order valence-corrected chi connectivity index (χ2v) is 3.58. The van der Waals surface area contributed by atoms with Gasteiger partial charge in [0.2, 0.25) is 0 Å². The van der Waals surface area contributed by atoms with E-state index in [0.29, 0.717) is 0 Å². The van der Waals surface area contributed by atoms with Gasteiger partial charge in [0, 0.05) is 6.42 Å². The lowest BCUT2D eigenvalue weighted by atomic mass is 9.93. The molecule has 0 amide bonds. The van der Waals surface area contributed by atoms with Crippen molar-refractivity contribution in [3.05, 3.63) is 5.82 Å². The average Bonchev–Trinajstić information content (AvgIpc) is 2.69. The number of aromatic nitrogens is 4. The standard InChI is InChI=1S/C8H15N5/c1(2-8-10-12-13-11-8)7-3-5-9-6-4-7/h7,9H,1-6H2,(H,10,11,12,13). The topological polar surface area (TPSA) is 66.5 Å². The van der Waals surface area contributed by atoms with Crippen LogP contribution in [0.1, 0.15) is 25.1 Å². The number of hydrogen-bond acceptors (Lipinski definition) is 4. The minimum atomic E-state index is 0.853. The summed E-state index contributed by atoms with van der Waals surface area (Å²) in [6.45, 7) is 2.33. The zero-order chi connectivity index (χ0) is 8.93. The second kappa shape index (κ2) is 4.32. The highest BCUT2D eigenvalue weighted by Crippen LogP contribution is 2.16. The van der Waals surface area contributed by atoms with Crippen molar-refractivity contribution in [3.8, 4) is 0 Å². The molecule has 0 aromatic carbocycles. The second-order valence-electron chi connectivity index (χ2n) is 3.58. The summed E-state index contributed by atoms with van der Waals surface area (Å²) in [6.07, 6.45) is 4.78. The van der Waals surface area contributed by atoms with Gasteiger partial charge < -0.3 is 5.32 Å². The van der Waals surface area contributed by atoms with Gasteiger partial charge in [-0.05, 0) is 48.7 Å². The predicted octanol–water partition coefficient (Wildman–Crippen LogP) is 0.132. The Kier molecular flexibility index (Phi) is 2.86. The van der Waals surface area contributed by atoms with E-state index in [2.05, 4.69) is 25.9 Å². The molecule has 1 fully saturated rings. The molecule has 5 nitrogen and oxygen atoms in total. The van der Waals surface area contributed by atoms with Crippen LogP contribution >= 0.6 is 0 Å². The highest BCUT2D eigenvalue weighted by molar-refractivity contribution is 4.79. The molecule has 1 saturated heterocycles. The zero-order valence-corrected chi connectivity index (χ0v) is 7.66. The van der Waals surface area contributed by atoms with Crippen molar-refractivity contribution < 1.29 is 0 Å². The Hall–Kier alpha value is -0.970. The Labute approximate surface area is 77.3 Å². The number of aryl methyl sites for hydroxylation is 1. The molecule has 72 valence electrons. The fraction of sp³-hybridized carbons (Fsp3) is 0.875. The summed E-state index contributed by atoms with van der Waals surface area (Å²) < 4.78 is 0. The molecular formula is C8H15N5. The zero-order valence-electron chi connectivity index (χ0n) is 7.66. The number of aromatic amines is 1. The number of piperidine rings is 1. The van der Waals surface area contributed by atoms with Crippen molar-refractivity contribution in [3.63, 3.8) is 0 Å². The Bertz CT molecular complexity index is 227. The van der Waals surface area contributed by atoms with E-state index in [1.165, 1.54) is 32.4 Å². The molecule has 1 aliphatic rings. The Morgan fingerprint density at radius 3 is 2.85 bits per heavy atom. The van der Waals surface area contributed by atoms with E-state index in [0.717, 1.165) is 18.2 Å². The molecule has 0 bridgehead atoms. The third-order valence-corrected chi connectivity index (χ3v) is 2.64. The van der Waals surface area contributed by atoms with E-state index in [1.807, 2.05) is 0 Å². The molecule has 0 saturated carbocycles. The first kappa shape index (κ1) is 8.62. The summed E-state index contributed by atoms with van der Waals surface area (Å²) in [5.41, 5.74) is 0. The molecule has 0 atom stereocenters. The molecule has 0 aliphatic carbocycles. The first-order valence-electron chi connectivity index (χ1n) is 4.88. The smallest absolute Gasteiger partial charge is 0.148 e. The lowest BCUT2D eigenvalue weighted by Gasteiger charge is -2.21. The van der Waals surface area contributed by atoms with E-state index in [-0.39, 0.29) is 0 Å². The number of tetrazole rings is 1. The number of nitrogens with zero attached hydrogens (tertiary/aromatic N) is 3. The van der Waals surface area contributed by atoms with Crippen LogP contribution < -0.4 is 5.32 Å². The van der Waals surface area contributed by atoms with Crippen LogP contribution in [0.5, 0.6) is 0 Å². The summed E-state index contributed by atoms with van der Waals surface area (Å²) >= 11 is 0. The summed E-state index contributed by atoms with van der Waals surface area (Å²) in [6, 6.07) is 0. The Morgan fingerprint density at radius 2 is 2.15 bits per heavy atom. The number of nitrogens with one attached hydrogen (secondary N) is 2. The maximum Gasteiger partial charge on any atom is 0.148 e. The molecule has 2 N–H and O–H groups in total. The van der Waals surface area contributed by atoms with Crippen LogP contribution in [0.3, 0.4) is 0 Å². The molecule has 2 rings (SSSR count). The fourth-order valence-corrected chi connectivity index (χ4v) is 1.80. The van der Waals surface area contributed by atoms with Gasteiger partial charge in [-0.1, -0.05) is 0 Å². The molecule has 2 heterocycles. The highest BCUT2D eigenvalue weighted by Gasteiger charge is 2.13. The monoisotopic (exact) mass is 181 g/mol. The third-order valence-electron chi connectivity index (χ3n) is 2.64. The molecular weight excluding hydrogens is 166 g/mol. The largest absolute Gasteiger partial charge is 0.317 e. The summed E-state index contributed by atoms with van der Waals surface area (Å²) in [5.74, 6) is 1.77. The van der Waals surface area contributed by atoms with Gasteiger partial charge in [0.15, 0.2) is 0 Å². The minimum Gasteiger partial charge on any atom is -0.317 e. The van der Waals surface area contributed by atoms with Crippen LogP contribution in [0.2, 0.25) is 0 Å². The van der Waals surface area contributed by atoms with Crippen molar-refractivity contribution in [1.29, 1.82) is 0 Å². The van der Waals surface area contributed by atoms with Gasteiger partial charge in [0.25, 0.3) is 0 Å². The van der Waals surface area contributed by atoms with E-state index < -0.39 is 0 Å². The van der Waals surface area contributed by atoms with Gasteiger partial charge in [0.05, 0.1) is 0 Å². The van der Waals surface area contributed by atoms with E-state index in [1.54, 1.807) is 0 Å². The van der Waals surface area contributed by atoms with Crippen molar-refractivity contribution >= 4 is 0 Å². The third kappa shape index (κ3) is 2.48. The summed E-state index contributed by atoms with van der Waals surface area (Å²) in [5, 5.41) is 17.1. The van der Waals surface area contributed by atoms with Crippen LogP contribution in [-0.2, 0) is 6.42 Å². The lowest BCUT2D eigenvalue weighted by molar-refractivity contribution is 0.352. The highest BCUT2D eigenvalue weighted by atomic mass is 15.5. The molecule has 1 aromatic rings. The van der Waals surface area contributed by atoms with E-state index in [9.17, 15) is 0 Å². The maximum absolute atomic E-state index is 3.87. The average molecular weight is 181 g/mol. The van der Waals surface area contributed by atoms with Crippen molar-refractivity contribution in [1.82, 2.24) is 25.9 Å². The minimum absolute atomic E-state index is 0.853. The van der Waals surface area contributed by atoms with Crippen LogP contribution in [-0.4, -0.2) is 33.7 Å². The molecule has 0 spiro atoms. The van der Waals surface area contributed by atoms with Crippen LogP contribution in [0.15, 0.2) is 0 Å². The molecule has 0 unspecified atom stereocenters. The van der Waals surface area contributed by atoms with Crippen LogP contribution in [0, 0.1) is 5.92 Å². The lowest BCUT2D eigenvalue weighted by Crippen LogP contribution is -2.27. The van der Waals surface area contributed by atoms with Crippen LogP contribution in [0.4, 0.5) is 0 Å². The van der Waals surface area contributed by atoms with Gasteiger partial charge in [-0.2, -0.15) is 0 Å². The van der Waals surface area contributed by atoms with Gasteiger partial charge in [-0.15, -0.1) is 5.10 Å². The van der Waals surface area contributed by atoms with Crippen molar-refractivity contribution in [2.45, 2.75) is 25.7 Å². The van der Waals surface area contributed by atoms with E-state index in [4.69, 9.17) is 0 Å². The molecule has 0 radical (unpaired) electrons. The number of hydrogen-bond donors (Lipinski definition) is 2. The maximum atomic E-state index is 3.87. The van der Waals surface area contributed by atoms with Gasteiger partial charge in [0.1, 0.15) is 5.82 Å². The van der Waals surface area contributed by atoms with Crippen molar-refractivity contribution in [2.24, 2.45) is 5.92 Å². The van der Waals surface area contributed by atoms with Gasteiger partial charge >= 0.3 is 0 Å². The number of H-pyrrole nitrogens is 1. The Morgan fingerprint density at radius 1 is 1.31 bits per heavy atom. The first-order chi connectivity index (χ1) is 6.45. The fourth-order valence-electron chi connectivity index (χ4n) is 1.80.